The first-order valence-corrected chi connectivity index (χ1v) is 12.1. The number of likely N-dealkylation sites (tertiary alicyclic amines) is 1. The van der Waals surface area contributed by atoms with Crippen molar-refractivity contribution in [3.8, 4) is 0 Å². The topological polar surface area (TPSA) is 55.9 Å². The van der Waals surface area contributed by atoms with Gasteiger partial charge in [0.25, 0.3) is 0 Å². The molecule has 4 rings (SSSR count). The van der Waals surface area contributed by atoms with Gasteiger partial charge in [0, 0.05) is 44.2 Å². The maximum absolute atomic E-state index is 12.8. The second-order valence-corrected chi connectivity index (χ2v) is 9.82. The summed E-state index contributed by atoms with van der Waals surface area (Å²) in [5, 5.41) is 3.40. The summed E-state index contributed by atoms with van der Waals surface area (Å²) < 4.78 is 0. The molecule has 2 amide bonds. The van der Waals surface area contributed by atoms with Gasteiger partial charge >= 0.3 is 0 Å². The van der Waals surface area contributed by atoms with Crippen molar-refractivity contribution >= 4 is 11.8 Å². The summed E-state index contributed by atoms with van der Waals surface area (Å²) in [5.74, 6) is 1.08. The molecular formula is C23H40N4O2. The summed E-state index contributed by atoms with van der Waals surface area (Å²) >= 11 is 0. The van der Waals surface area contributed by atoms with E-state index < -0.39 is 0 Å². The number of nitrogens with one attached hydrogen (secondary N) is 1. The normalized spacial score (nSPS) is 27.0. The lowest BCUT2D eigenvalue weighted by Gasteiger charge is -2.44. The third-order valence-corrected chi connectivity index (χ3v) is 8.19. The number of hydrogen-bond acceptors (Lipinski definition) is 4. The van der Waals surface area contributed by atoms with Crippen LogP contribution in [0, 0.1) is 5.92 Å². The molecule has 1 N–H and O–H groups in total. The molecule has 0 bridgehead atoms. The molecule has 0 spiro atoms. The van der Waals surface area contributed by atoms with Crippen LogP contribution in [0.15, 0.2) is 0 Å². The fourth-order valence-electron chi connectivity index (χ4n) is 6.03. The highest BCUT2D eigenvalue weighted by molar-refractivity contribution is 5.78. The molecule has 4 fully saturated rings. The van der Waals surface area contributed by atoms with E-state index in [1.54, 1.807) is 0 Å². The Bertz CT molecular complexity index is 569. The Labute approximate surface area is 176 Å². The van der Waals surface area contributed by atoms with Crippen LogP contribution in [-0.2, 0) is 9.59 Å². The van der Waals surface area contributed by atoms with Crippen molar-refractivity contribution in [1.82, 2.24) is 20.0 Å². The van der Waals surface area contributed by atoms with E-state index in [2.05, 4.69) is 20.0 Å². The van der Waals surface area contributed by atoms with E-state index in [0.717, 1.165) is 71.0 Å². The van der Waals surface area contributed by atoms with E-state index in [1.165, 1.54) is 32.1 Å². The number of hydrogen-bond donors (Lipinski definition) is 1. The maximum atomic E-state index is 12.8. The fraction of sp³-hybridized carbons (Fsp3) is 0.913. The highest BCUT2D eigenvalue weighted by Crippen LogP contribution is 2.41. The second kappa shape index (κ2) is 9.34. The first kappa shape index (κ1) is 21.1. The summed E-state index contributed by atoms with van der Waals surface area (Å²) in [4.78, 5) is 32.0. The van der Waals surface area contributed by atoms with Crippen LogP contribution in [-0.4, -0.2) is 83.9 Å². The molecule has 0 unspecified atom stereocenters. The predicted molar refractivity (Wildman–Crippen MR) is 115 cm³/mol. The van der Waals surface area contributed by atoms with Crippen molar-refractivity contribution in [3.05, 3.63) is 0 Å². The highest BCUT2D eigenvalue weighted by Gasteiger charge is 2.43. The lowest BCUT2D eigenvalue weighted by atomic mass is 9.76. The van der Waals surface area contributed by atoms with E-state index >= 15 is 0 Å². The minimum absolute atomic E-state index is 0.0288. The summed E-state index contributed by atoms with van der Waals surface area (Å²) in [6, 6.07) is 0.794. The standard InChI is InChI=1S/C23H40N4O2/c1-2-21(28)24-23(10-3-4-11-23)19-8-12-25(13-9-19)18-22(29)27-16-14-26(15-17-27)20-6-5-7-20/h19-20H,2-18H2,1H3,(H,24,28). The number of rotatable bonds is 6. The smallest absolute Gasteiger partial charge is 0.236 e. The van der Waals surface area contributed by atoms with Crippen LogP contribution in [0.3, 0.4) is 0 Å². The van der Waals surface area contributed by atoms with Gasteiger partial charge in [-0.25, -0.2) is 0 Å². The third-order valence-electron chi connectivity index (χ3n) is 8.19. The van der Waals surface area contributed by atoms with E-state index in [0.29, 0.717) is 24.8 Å². The molecule has 0 aromatic rings. The molecule has 2 heterocycles. The Balaban J connectivity index is 1.22. The molecule has 4 aliphatic rings. The number of nitrogens with zero attached hydrogens (tertiary/aromatic N) is 3. The minimum atomic E-state index is 0.0288. The molecule has 2 aliphatic carbocycles. The molecule has 0 atom stereocenters. The zero-order chi connectivity index (χ0) is 20.3. The molecular weight excluding hydrogens is 364 g/mol. The van der Waals surface area contributed by atoms with E-state index in [9.17, 15) is 9.59 Å². The monoisotopic (exact) mass is 404 g/mol. The lowest BCUT2D eigenvalue weighted by Crippen LogP contribution is -2.56. The number of carbonyl (C=O) groups is 2. The maximum Gasteiger partial charge on any atom is 0.236 e. The molecule has 6 nitrogen and oxygen atoms in total. The summed E-state index contributed by atoms with van der Waals surface area (Å²) in [5.41, 5.74) is 0.0288. The van der Waals surface area contributed by atoms with Gasteiger partial charge < -0.3 is 10.2 Å². The number of carbonyl (C=O) groups excluding carboxylic acids is 2. The zero-order valence-corrected chi connectivity index (χ0v) is 18.3. The number of piperidine rings is 1. The first-order valence-electron chi connectivity index (χ1n) is 12.1. The number of amides is 2. The lowest BCUT2D eigenvalue weighted by molar-refractivity contribution is -0.135. The molecule has 0 aromatic heterocycles. The van der Waals surface area contributed by atoms with Crippen molar-refractivity contribution in [1.29, 1.82) is 0 Å². The van der Waals surface area contributed by atoms with Crippen LogP contribution in [0.25, 0.3) is 0 Å². The van der Waals surface area contributed by atoms with Crippen LogP contribution >= 0.6 is 0 Å². The molecule has 2 saturated carbocycles. The molecule has 164 valence electrons. The Morgan fingerprint density at radius 1 is 0.897 bits per heavy atom. The molecule has 2 saturated heterocycles. The quantitative estimate of drug-likeness (QED) is 0.738. The Morgan fingerprint density at radius 2 is 1.55 bits per heavy atom. The van der Waals surface area contributed by atoms with Crippen LogP contribution < -0.4 is 5.32 Å². The average molecular weight is 405 g/mol. The van der Waals surface area contributed by atoms with Crippen LogP contribution in [0.1, 0.15) is 71.1 Å². The van der Waals surface area contributed by atoms with E-state index in [1.807, 2.05) is 6.92 Å². The first-order chi connectivity index (χ1) is 14.1. The van der Waals surface area contributed by atoms with Crippen LogP contribution in [0.2, 0.25) is 0 Å². The van der Waals surface area contributed by atoms with Gasteiger partial charge in [0.2, 0.25) is 11.8 Å². The van der Waals surface area contributed by atoms with E-state index in [-0.39, 0.29) is 11.4 Å². The highest BCUT2D eigenvalue weighted by atomic mass is 16.2. The van der Waals surface area contributed by atoms with E-state index in [4.69, 9.17) is 0 Å². The largest absolute Gasteiger partial charge is 0.350 e. The Hall–Kier alpha value is -1.14. The van der Waals surface area contributed by atoms with Crippen molar-refractivity contribution in [2.75, 3.05) is 45.8 Å². The van der Waals surface area contributed by atoms with Gasteiger partial charge in [-0.05, 0) is 57.5 Å². The minimum Gasteiger partial charge on any atom is -0.350 e. The van der Waals surface area contributed by atoms with Crippen molar-refractivity contribution < 1.29 is 9.59 Å². The third kappa shape index (κ3) is 4.79. The zero-order valence-electron chi connectivity index (χ0n) is 18.3. The van der Waals surface area contributed by atoms with Crippen molar-refractivity contribution in [2.24, 2.45) is 5.92 Å². The van der Waals surface area contributed by atoms with Crippen molar-refractivity contribution in [3.63, 3.8) is 0 Å². The predicted octanol–water partition coefficient (Wildman–Crippen LogP) is 2.23. The molecule has 29 heavy (non-hydrogen) atoms. The van der Waals surface area contributed by atoms with Gasteiger partial charge in [-0.2, -0.15) is 0 Å². The molecule has 0 aromatic carbocycles. The van der Waals surface area contributed by atoms with Crippen LogP contribution in [0.5, 0.6) is 0 Å². The molecule has 0 radical (unpaired) electrons. The fourth-order valence-corrected chi connectivity index (χ4v) is 6.03. The van der Waals surface area contributed by atoms with Crippen molar-refractivity contribution in [2.45, 2.75) is 82.7 Å². The Kier molecular flexibility index (Phi) is 6.80. The molecule has 2 aliphatic heterocycles. The average Bonchev–Trinajstić information content (AvgIpc) is 3.17. The van der Waals surface area contributed by atoms with Gasteiger partial charge in [-0.15, -0.1) is 0 Å². The Morgan fingerprint density at radius 3 is 2.10 bits per heavy atom. The van der Waals surface area contributed by atoms with Gasteiger partial charge in [0.15, 0.2) is 0 Å². The van der Waals surface area contributed by atoms with Crippen LogP contribution in [0.4, 0.5) is 0 Å². The second-order valence-electron chi connectivity index (χ2n) is 9.82. The number of piperazine rings is 1. The summed E-state index contributed by atoms with van der Waals surface area (Å²) in [6.07, 6.45) is 11.6. The summed E-state index contributed by atoms with van der Waals surface area (Å²) in [6.45, 7) is 8.40. The molecule has 6 heteroatoms. The van der Waals surface area contributed by atoms with Gasteiger partial charge in [0.05, 0.1) is 6.54 Å². The van der Waals surface area contributed by atoms with Gasteiger partial charge in [0.1, 0.15) is 0 Å². The summed E-state index contributed by atoms with van der Waals surface area (Å²) in [7, 11) is 0. The van der Waals surface area contributed by atoms with Gasteiger partial charge in [-0.3, -0.25) is 19.4 Å². The van der Waals surface area contributed by atoms with Gasteiger partial charge in [-0.1, -0.05) is 26.2 Å². The SMILES string of the molecule is CCC(=O)NC1(C2CCN(CC(=O)N3CCN(C4CCC4)CC3)CC2)CCCC1.